The molecule has 0 saturated carbocycles. The lowest BCUT2D eigenvalue weighted by molar-refractivity contribution is -0.133. The molecule has 1 unspecified atom stereocenters. The topological polar surface area (TPSA) is 44.6 Å². The lowest BCUT2D eigenvalue weighted by Gasteiger charge is -2.42. The van der Waals surface area contributed by atoms with Gasteiger partial charge in [0.1, 0.15) is 0 Å². The first-order chi connectivity index (χ1) is 16.6. The highest BCUT2D eigenvalue weighted by molar-refractivity contribution is 5.79. The summed E-state index contributed by atoms with van der Waals surface area (Å²) in [6.45, 7) is 8.97. The Labute approximate surface area is 202 Å². The number of hydrogen-bond acceptors (Lipinski definition) is 4. The van der Waals surface area contributed by atoms with E-state index in [1.54, 1.807) is 0 Å². The van der Waals surface area contributed by atoms with E-state index in [2.05, 4.69) is 77.4 Å². The molecule has 176 valence electrons. The van der Waals surface area contributed by atoms with Crippen molar-refractivity contribution in [2.24, 2.45) is 0 Å². The van der Waals surface area contributed by atoms with E-state index in [9.17, 15) is 4.79 Å². The second-order valence-corrected chi connectivity index (χ2v) is 9.44. The molecule has 0 radical (unpaired) electrons. The van der Waals surface area contributed by atoms with E-state index < -0.39 is 0 Å². The van der Waals surface area contributed by atoms with Crippen LogP contribution in [0.1, 0.15) is 24.5 Å². The number of anilines is 1. The SMILES string of the molecule is Cc1cccc(N2CCN(C(=O)CN3CC=C(c4cnn(-c5ccccc5)c4)CC3)CC2C)c1. The van der Waals surface area contributed by atoms with Crippen LogP contribution in [0.3, 0.4) is 0 Å². The summed E-state index contributed by atoms with van der Waals surface area (Å²) >= 11 is 0. The molecule has 6 heteroatoms. The van der Waals surface area contributed by atoms with Crippen molar-refractivity contribution < 1.29 is 4.79 Å². The molecule has 34 heavy (non-hydrogen) atoms. The number of aromatic nitrogens is 2. The summed E-state index contributed by atoms with van der Waals surface area (Å²) in [5.74, 6) is 0.240. The van der Waals surface area contributed by atoms with E-state index in [0.29, 0.717) is 12.6 Å². The highest BCUT2D eigenvalue weighted by Gasteiger charge is 2.28. The zero-order valence-corrected chi connectivity index (χ0v) is 20.1. The Balaban J connectivity index is 1.15. The van der Waals surface area contributed by atoms with Gasteiger partial charge >= 0.3 is 0 Å². The van der Waals surface area contributed by atoms with Crippen molar-refractivity contribution in [1.29, 1.82) is 0 Å². The average Bonchev–Trinajstić information content (AvgIpc) is 3.35. The van der Waals surface area contributed by atoms with Gasteiger partial charge in [-0.3, -0.25) is 9.69 Å². The third kappa shape index (κ3) is 4.92. The smallest absolute Gasteiger partial charge is 0.236 e. The van der Waals surface area contributed by atoms with Crippen LogP contribution in [0.4, 0.5) is 5.69 Å². The number of piperazine rings is 1. The number of carbonyl (C=O) groups is 1. The molecule has 2 aliphatic heterocycles. The molecular formula is C28H33N5O. The first kappa shape index (κ1) is 22.4. The first-order valence-corrected chi connectivity index (χ1v) is 12.2. The van der Waals surface area contributed by atoms with E-state index in [4.69, 9.17) is 0 Å². The van der Waals surface area contributed by atoms with Crippen LogP contribution >= 0.6 is 0 Å². The molecule has 5 rings (SSSR count). The van der Waals surface area contributed by atoms with Crippen LogP contribution in [-0.4, -0.2) is 70.8 Å². The molecule has 2 aliphatic rings. The molecule has 0 spiro atoms. The average molecular weight is 456 g/mol. The molecule has 1 saturated heterocycles. The zero-order valence-electron chi connectivity index (χ0n) is 20.1. The minimum absolute atomic E-state index is 0.240. The van der Waals surface area contributed by atoms with Crippen molar-refractivity contribution in [2.75, 3.05) is 44.2 Å². The van der Waals surface area contributed by atoms with Crippen molar-refractivity contribution in [2.45, 2.75) is 26.3 Å². The molecule has 6 nitrogen and oxygen atoms in total. The van der Waals surface area contributed by atoms with E-state index in [-0.39, 0.29) is 5.91 Å². The third-order valence-corrected chi connectivity index (χ3v) is 6.94. The van der Waals surface area contributed by atoms with Gasteiger partial charge in [-0.15, -0.1) is 0 Å². The fraction of sp³-hybridized carbons (Fsp3) is 0.357. The Morgan fingerprint density at radius 1 is 1.03 bits per heavy atom. The molecule has 0 N–H and O–H groups in total. The van der Waals surface area contributed by atoms with Gasteiger partial charge in [-0.2, -0.15) is 5.10 Å². The van der Waals surface area contributed by atoms with Crippen LogP contribution in [0, 0.1) is 6.92 Å². The second-order valence-electron chi connectivity index (χ2n) is 9.44. The quantitative estimate of drug-likeness (QED) is 0.583. The van der Waals surface area contributed by atoms with E-state index >= 15 is 0 Å². The van der Waals surface area contributed by atoms with Gasteiger partial charge in [0, 0.05) is 56.2 Å². The maximum atomic E-state index is 13.1. The van der Waals surface area contributed by atoms with Gasteiger partial charge in [0.25, 0.3) is 0 Å². The Morgan fingerprint density at radius 3 is 2.59 bits per heavy atom. The molecule has 2 aromatic carbocycles. The summed E-state index contributed by atoms with van der Waals surface area (Å²) < 4.78 is 1.92. The van der Waals surface area contributed by atoms with Gasteiger partial charge in [0.05, 0.1) is 18.4 Å². The summed E-state index contributed by atoms with van der Waals surface area (Å²) in [4.78, 5) is 19.8. The van der Waals surface area contributed by atoms with Crippen molar-refractivity contribution in [3.05, 3.63) is 84.2 Å². The molecule has 1 fully saturated rings. The fourth-order valence-corrected chi connectivity index (χ4v) is 4.99. The minimum Gasteiger partial charge on any atom is -0.365 e. The highest BCUT2D eigenvalue weighted by Crippen LogP contribution is 2.24. The molecule has 1 amide bonds. The van der Waals surface area contributed by atoms with E-state index in [1.165, 1.54) is 16.8 Å². The maximum absolute atomic E-state index is 13.1. The Morgan fingerprint density at radius 2 is 1.85 bits per heavy atom. The van der Waals surface area contributed by atoms with Crippen molar-refractivity contribution in [1.82, 2.24) is 19.6 Å². The molecule has 3 aromatic rings. The summed E-state index contributed by atoms with van der Waals surface area (Å²) in [6, 6.07) is 19.1. The number of amides is 1. The molecule has 1 atom stereocenters. The molecular weight excluding hydrogens is 422 g/mol. The van der Waals surface area contributed by atoms with Gasteiger partial charge in [-0.25, -0.2) is 4.68 Å². The number of para-hydroxylation sites is 1. The first-order valence-electron chi connectivity index (χ1n) is 12.2. The predicted molar refractivity (Wildman–Crippen MR) is 137 cm³/mol. The number of rotatable bonds is 5. The molecule has 3 heterocycles. The lowest BCUT2D eigenvalue weighted by atomic mass is 10.0. The second kappa shape index (κ2) is 9.85. The monoisotopic (exact) mass is 455 g/mol. The van der Waals surface area contributed by atoms with E-state index in [0.717, 1.165) is 50.4 Å². The normalized spacial score (nSPS) is 19.2. The Hall–Kier alpha value is -3.38. The Kier molecular flexibility index (Phi) is 6.50. The van der Waals surface area contributed by atoms with Crippen LogP contribution in [0.2, 0.25) is 0 Å². The summed E-state index contributed by atoms with van der Waals surface area (Å²) in [7, 11) is 0. The largest absolute Gasteiger partial charge is 0.365 e. The van der Waals surface area contributed by atoms with Crippen molar-refractivity contribution in [3.63, 3.8) is 0 Å². The predicted octanol–water partition coefficient (Wildman–Crippen LogP) is 4.01. The van der Waals surface area contributed by atoms with Crippen LogP contribution < -0.4 is 4.90 Å². The zero-order chi connectivity index (χ0) is 23.5. The Bertz CT molecular complexity index is 1170. The maximum Gasteiger partial charge on any atom is 0.236 e. The van der Waals surface area contributed by atoms with Crippen LogP contribution in [-0.2, 0) is 4.79 Å². The van der Waals surface area contributed by atoms with Crippen LogP contribution in [0.25, 0.3) is 11.3 Å². The number of benzene rings is 2. The summed E-state index contributed by atoms with van der Waals surface area (Å²) in [5, 5.41) is 4.53. The number of nitrogens with zero attached hydrogens (tertiary/aromatic N) is 5. The number of aryl methyl sites for hydroxylation is 1. The summed E-state index contributed by atoms with van der Waals surface area (Å²) in [6.07, 6.45) is 7.22. The lowest BCUT2D eigenvalue weighted by Crippen LogP contribution is -2.55. The molecule has 1 aromatic heterocycles. The molecule has 0 bridgehead atoms. The minimum atomic E-state index is 0.240. The van der Waals surface area contributed by atoms with Crippen LogP contribution in [0.5, 0.6) is 0 Å². The van der Waals surface area contributed by atoms with Gasteiger partial charge < -0.3 is 9.80 Å². The van der Waals surface area contributed by atoms with Gasteiger partial charge in [0.15, 0.2) is 0 Å². The summed E-state index contributed by atoms with van der Waals surface area (Å²) in [5.41, 5.74) is 6.06. The number of hydrogen-bond donors (Lipinski definition) is 0. The van der Waals surface area contributed by atoms with Crippen LogP contribution in [0.15, 0.2) is 73.1 Å². The highest BCUT2D eigenvalue weighted by atomic mass is 16.2. The van der Waals surface area contributed by atoms with Crippen molar-refractivity contribution in [3.8, 4) is 5.69 Å². The van der Waals surface area contributed by atoms with E-state index in [1.807, 2.05) is 34.0 Å². The third-order valence-electron chi connectivity index (χ3n) is 6.94. The number of carbonyl (C=O) groups excluding carboxylic acids is 1. The van der Waals surface area contributed by atoms with Gasteiger partial charge in [-0.1, -0.05) is 36.4 Å². The van der Waals surface area contributed by atoms with Crippen molar-refractivity contribution >= 4 is 17.2 Å². The van der Waals surface area contributed by atoms with Gasteiger partial charge in [-0.05, 0) is 55.7 Å². The molecule has 0 aliphatic carbocycles. The van der Waals surface area contributed by atoms with Gasteiger partial charge in [0.2, 0.25) is 5.91 Å². The fourth-order valence-electron chi connectivity index (χ4n) is 4.99. The standard InChI is InChI=1S/C28H33N5O/c1-22-7-6-10-27(17-22)32-16-15-31(19-23(32)2)28(34)21-30-13-11-24(12-14-30)25-18-29-33(20-25)26-8-4-3-5-9-26/h3-11,17-18,20,23H,12-16,19,21H2,1-2H3.